The maximum atomic E-state index is 13.1. The number of allylic oxidation sites excluding steroid dienone is 4. The van der Waals surface area contributed by atoms with Crippen LogP contribution < -0.4 is 5.32 Å². The molecule has 3 rings (SSSR count). The van der Waals surface area contributed by atoms with Crippen LogP contribution in [-0.4, -0.2) is 46.3 Å². The quantitative estimate of drug-likeness (QED) is 0.543. The van der Waals surface area contributed by atoms with Crippen molar-refractivity contribution in [1.29, 1.82) is 0 Å². The Kier molecular flexibility index (Phi) is 7.58. The molecule has 3 N–H and O–H groups in total. The van der Waals surface area contributed by atoms with Crippen LogP contribution in [0.4, 0.5) is 0 Å². The number of nitrogens with zero attached hydrogens (tertiary/aromatic N) is 1. The first-order valence-electron chi connectivity index (χ1n) is 11.5. The highest BCUT2D eigenvalue weighted by Gasteiger charge is 2.38. The topological polar surface area (TPSA) is 72.8 Å². The van der Waals surface area contributed by atoms with Gasteiger partial charge in [-0.3, -0.25) is 4.79 Å². The van der Waals surface area contributed by atoms with Gasteiger partial charge in [-0.05, 0) is 43.6 Å². The number of rotatable bonds is 8. The van der Waals surface area contributed by atoms with Gasteiger partial charge in [0.1, 0.15) is 0 Å². The monoisotopic (exact) mass is 402 g/mol. The van der Waals surface area contributed by atoms with Crippen LogP contribution in [0, 0.1) is 17.8 Å². The van der Waals surface area contributed by atoms with Crippen molar-refractivity contribution in [3.05, 3.63) is 35.7 Å². The Bertz CT molecular complexity index is 655. The average molecular weight is 403 g/mol. The lowest BCUT2D eigenvalue weighted by Crippen LogP contribution is -2.36. The summed E-state index contributed by atoms with van der Waals surface area (Å²) in [5, 5.41) is 23.2. The summed E-state index contributed by atoms with van der Waals surface area (Å²) < 4.78 is 0. The number of carbonyl (C=O) groups excluding carboxylic acids is 1. The minimum Gasteiger partial charge on any atom is -0.393 e. The van der Waals surface area contributed by atoms with Crippen molar-refractivity contribution in [2.75, 3.05) is 19.7 Å². The molecule has 1 fully saturated rings. The van der Waals surface area contributed by atoms with Crippen molar-refractivity contribution in [1.82, 2.24) is 10.2 Å². The van der Waals surface area contributed by atoms with Gasteiger partial charge in [0.15, 0.2) is 0 Å². The number of aliphatic hydroxyl groups excluding tert-OH is 1. The molecule has 3 aliphatic rings. The number of carbonyl (C=O) groups is 1. The smallest absolute Gasteiger partial charge is 0.249 e. The second-order valence-corrected chi connectivity index (χ2v) is 9.14. The molecule has 1 aliphatic heterocycles. The molecule has 0 aromatic heterocycles. The predicted octanol–water partition coefficient (Wildman–Crippen LogP) is 3.50. The molecule has 162 valence electrons. The van der Waals surface area contributed by atoms with Gasteiger partial charge in [-0.15, -0.1) is 0 Å². The van der Waals surface area contributed by atoms with Crippen LogP contribution in [0.2, 0.25) is 0 Å². The molecule has 0 spiro atoms. The van der Waals surface area contributed by atoms with E-state index in [1.165, 1.54) is 38.5 Å². The molecular weight excluding hydrogens is 364 g/mol. The Hall–Kier alpha value is -1.59. The van der Waals surface area contributed by atoms with E-state index in [1.54, 1.807) is 0 Å². The van der Waals surface area contributed by atoms with E-state index in [9.17, 15) is 15.0 Å². The number of hydrogen-bond donors (Lipinski definition) is 3. The van der Waals surface area contributed by atoms with Crippen LogP contribution in [0.3, 0.4) is 0 Å². The molecular formula is C24H38N2O3. The standard InChI is InChI=1S/C24H38N2O3/c1-3-24(29,17-27)13-14-26-16-20(22-18(2)9-8-12-21(22)26)23(28)25-15-19-10-6-4-5-7-11-19/h8-9,12,16,18-19,22,27,29H,3-7,10-11,13-15,17H2,1-2H3,(H,25,28). The van der Waals surface area contributed by atoms with E-state index in [4.69, 9.17) is 0 Å². The average Bonchev–Trinajstić information content (AvgIpc) is 2.92. The molecule has 0 saturated heterocycles. The van der Waals surface area contributed by atoms with Gasteiger partial charge in [0, 0.05) is 36.5 Å². The van der Waals surface area contributed by atoms with Gasteiger partial charge < -0.3 is 20.4 Å². The van der Waals surface area contributed by atoms with Crippen LogP contribution in [0.1, 0.15) is 65.2 Å². The molecule has 5 nitrogen and oxygen atoms in total. The maximum absolute atomic E-state index is 13.1. The fourth-order valence-corrected chi connectivity index (χ4v) is 4.85. The van der Waals surface area contributed by atoms with Gasteiger partial charge in [-0.1, -0.05) is 51.7 Å². The number of nitrogens with one attached hydrogen (secondary N) is 1. The van der Waals surface area contributed by atoms with E-state index in [2.05, 4.69) is 35.4 Å². The van der Waals surface area contributed by atoms with E-state index in [1.807, 2.05) is 13.1 Å². The molecule has 2 aliphatic carbocycles. The normalized spacial score (nSPS) is 27.0. The molecule has 3 unspecified atom stereocenters. The highest BCUT2D eigenvalue weighted by atomic mass is 16.3. The van der Waals surface area contributed by atoms with Crippen LogP contribution >= 0.6 is 0 Å². The number of amides is 1. The van der Waals surface area contributed by atoms with Gasteiger partial charge in [0.2, 0.25) is 5.91 Å². The van der Waals surface area contributed by atoms with Crippen molar-refractivity contribution in [3.8, 4) is 0 Å². The van der Waals surface area contributed by atoms with Crippen LogP contribution in [0.5, 0.6) is 0 Å². The largest absolute Gasteiger partial charge is 0.393 e. The molecule has 0 aromatic carbocycles. The van der Waals surface area contributed by atoms with E-state index >= 15 is 0 Å². The van der Waals surface area contributed by atoms with Crippen molar-refractivity contribution in [3.63, 3.8) is 0 Å². The lowest BCUT2D eigenvalue weighted by molar-refractivity contribution is -0.118. The van der Waals surface area contributed by atoms with Crippen molar-refractivity contribution in [2.24, 2.45) is 17.8 Å². The summed E-state index contributed by atoms with van der Waals surface area (Å²) in [4.78, 5) is 15.2. The first-order chi connectivity index (χ1) is 14.0. The highest BCUT2D eigenvalue weighted by Crippen LogP contribution is 2.40. The summed E-state index contributed by atoms with van der Waals surface area (Å²) in [6.07, 6.45) is 16.9. The first-order valence-corrected chi connectivity index (χ1v) is 11.5. The lowest BCUT2D eigenvalue weighted by atomic mass is 9.83. The molecule has 5 heteroatoms. The highest BCUT2D eigenvalue weighted by molar-refractivity contribution is 5.95. The Morgan fingerprint density at radius 1 is 1.28 bits per heavy atom. The third-order valence-corrected chi connectivity index (χ3v) is 7.05. The maximum Gasteiger partial charge on any atom is 0.249 e. The molecule has 0 radical (unpaired) electrons. The molecule has 1 amide bonds. The summed E-state index contributed by atoms with van der Waals surface area (Å²) in [7, 11) is 0. The minimum absolute atomic E-state index is 0.0442. The summed E-state index contributed by atoms with van der Waals surface area (Å²) in [6.45, 7) is 5.16. The first kappa shape index (κ1) is 22.1. The van der Waals surface area contributed by atoms with Crippen molar-refractivity contribution in [2.45, 2.75) is 70.8 Å². The van der Waals surface area contributed by atoms with E-state index in [-0.39, 0.29) is 24.3 Å². The summed E-state index contributed by atoms with van der Waals surface area (Å²) in [5.74, 6) is 0.973. The second-order valence-electron chi connectivity index (χ2n) is 9.14. The number of aliphatic hydroxyl groups is 2. The molecule has 1 saturated carbocycles. The van der Waals surface area contributed by atoms with Crippen molar-refractivity contribution < 1.29 is 15.0 Å². The number of hydrogen-bond acceptors (Lipinski definition) is 4. The molecule has 3 atom stereocenters. The summed E-state index contributed by atoms with van der Waals surface area (Å²) in [5.41, 5.74) is 0.881. The fraction of sp³-hybridized carbons (Fsp3) is 0.708. The van der Waals surface area contributed by atoms with Crippen LogP contribution in [0.15, 0.2) is 35.7 Å². The Labute approximate surface area is 175 Å². The third kappa shape index (κ3) is 5.32. The Morgan fingerprint density at radius 2 is 2.00 bits per heavy atom. The zero-order valence-electron chi connectivity index (χ0n) is 18.1. The van der Waals surface area contributed by atoms with Gasteiger partial charge in [0.05, 0.1) is 12.2 Å². The fourth-order valence-electron chi connectivity index (χ4n) is 4.85. The zero-order valence-corrected chi connectivity index (χ0v) is 18.1. The molecule has 0 bridgehead atoms. The Balaban J connectivity index is 1.67. The van der Waals surface area contributed by atoms with Crippen molar-refractivity contribution >= 4 is 5.91 Å². The van der Waals surface area contributed by atoms with Crippen LogP contribution in [0.25, 0.3) is 0 Å². The second kappa shape index (κ2) is 9.94. The minimum atomic E-state index is -1.06. The van der Waals surface area contributed by atoms with Crippen LogP contribution in [-0.2, 0) is 4.79 Å². The SMILES string of the molecule is CCC(O)(CO)CCN1C=C(C(=O)NCC2CCCCCC2)C2C1=CC=CC2C. The van der Waals surface area contributed by atoms with Gasteiger partial charge in [0.25, 0.3) is 0 Å². The van der Waals surface area contributed by atoms with E-state index in [0.717, 1.165) is 17.8 Å². The Morgan fingerprint density at radius 3 is 2.66 bits per heavy atom. The third-order valence-electron chi connectivity index (χ3n) is 7.05. The lowest BCUT2D eigenvalue weighted by Gasteiger charge is -2.31. The molecule has 0 aromatic rings. The van der Waals surface area contributed by atoms with Gasteiger partial charge in [-0.2, -0.15) is 0 Å². The number of fused-ring (bicyclic) bond motifs is 1. The zero-order chi connectivity index (χ0) is 20.9. The van der Waals surface area contributed by atoms with Gasteiger partial charge >= 0.3 is 0 Å². The summed E-state index contributed by atoms with van der Waals surface area (Å²) in [6, 6.07) is 0. The summed E-state index contributed by atoms with van der Waals surface area (Å²) >= 11 is 0. The van der Waals surface area contributed by atoms with E-state index < -0.39 is 5.60 Å². The molecule has 1 heterocycles. The predicted molar refractivity (Wildman–Crippen MR) is 116 cm³/mol. The molecule has 29 heavy (non-hydrogen) atoms. The van der Waals surface area contributed by atoms with Gasteiger partial charge in [-0.25, -0.2) is 0 Å². The van der Waals surface area contributed by atoms with E-state index in [0.29, 0.717) is 25.3 Å².